The second-order valence-electron chi connectivity index (χ2n) is 3.83. The zero-order valence-corrected chi connectivity index (χ0v) is 11.8. The van der Waals surface area contributed by atoms with Gasteiger partial charge in [0.1, 0.15) is 5.75 Å². The Kier molecular flexibility index (Phi) is 4.93. The van der Waals surface area contributed by atoms with Gasteiger partial charge in [0.25, 0.3) is 5.91 Å². The summed E-state index contributed by atoms with van der Waals surface area (Å²) in [7, 11) is 0. The van der Waals surface area contributed by atoms with Gasteiger partial charge in [-0.25, -0.2) is 0 Å². The van der Waals surface area contributed by atoms with Gasteiger partial charge in [-0.05, 0) is 24.3 Å². The molecule has 1 aromatic carbocycles. The molecule has 21 heavy (non-hydrogen) atoms. The summed E-state index contributed by atoms with van der Waals surface area (Å²) in [6, 6.07) is 5.37. The van der Waals surface area contributed by atoms with Crippen molar-refractivity contribution in [3.8, 4) is 5.75 Å². The number of hydrogen-bond acceptors (Lipinski definition) is 3. The number of nitrogens with one attached hydrogen (secondary N) is 1. The molecule has 0 atom stereocenters. The number of amides is 1. The van der Waals surface area contributed by atoms with Crippen molar-refractivity contribution in [2.24, 2.45) is 0 Å². The molecule has 1 N–H and O–H groups in total. The summed E-state index contributed by atoms with van der Waals surface area (Å²) in [5.41, 5.74) is 0.551. The van der Waals surface area contributed by atoms with Gasteiger partial charge < -0.3 is 10.1 Å². The lowest BCUT2D eigenvalue weighted by atomic mass is 10.2. The minimum Gasteiger partial charge on any atom is -0.433 e. The normalized spacial score (nSPS) is 10.5. The molecule has 2 aromatic rings. The maximum atomic E-state index is 12.1. The number of pyridine rings is 1. The zero-order chi connectivity index (χ0) is 15.4. The first-order chi connectivity index (χ1) is 9.97. The highest BCUT2D eigenvalue weighted by Crippen LogP contribution is 2.29. The van der Waals surface area contributed by atoms with E-state index < -0.39 is 12.5 Å². The van der Waals surface area contributed by atoms with Crippen molar-refractivity contribution in [2.75, 3.05) is 5.32 Å². The molecule has 0 spiro atoms. The van der Waals surface area contributed by atoms with Crippen molar-refractivity contribution in [3.63, 3.8) is 0 Å². The third kappa shape index (κ3) is 4.03. The van der Waals surface area contributed by atoms with E-state index in [9.17, 15) is 13.6 Å². The average molecular weight is 333 g/mol. The molecule has 0 radical (unpaired) electrons. The van der Waals surface area contributed by atoms with Crippen LogP contribution in [-0.2, 0) is 0 Å². The van der Waals surface area contributed by atoms with Crippen molar-refractivity contribution in [3.05, 3.63) is 52.3 Å². The molecule has 1 heterocycles. The third-order valence-corrected chi connectivity index (χ3v) is 3.02. The SMILES string of the molecule is O=C(Nc1ccc(OC(F)F)c(Cl)c1)c1ccncc1Cl. The number of carbonyl (C=O) groups excluding carboxylic acids is 1. The van der Waals surface area contributed by atoms with E-state index >= 15 is 0 Å². The second kappa shape index (κ2) is 6.69. The van der Waals surface area contributed by atoms with Crippen LogP contribution in [0, 0.1) is 0 Å². The lowest BCUT2D eigenvalue weighted by molar-refractivity contribution is -0.0497. The van der Waals surface area contributed by atoms with E-state index in [1.54, 1.807) is 0 Å². The Morgan fingerprint density at radius 1 is 1.24 bits per heavy atom. The molecule has 0 aliphatic carbocycles. The van der Waals surface area contributed by atoms with E-state index in [1.165, 1.54) is 36.7 Å². The molecule has 1 aromatic heterocycles. The Labute approximate surface area is 128 Å². The number of alkyl halides is 2. The van der Waals surface area contributed by atoms with Gasteiger partial charge >= 0.3 is 6.61 Å². The van der Waals surface area contributed by atoms with E-state index in [2.05, 4.69) is 15.0 Å². The number of aromatic nitrogens is 1. The van der Waals surface area contributed by atoms with E-state index in [0.717, 1.165) is 0 Å². The lowest BCUT2D eigenvalue weighted by Crippen LogP contribution is -2.12. The number of anilines is 1. The fourth-order valence-corrected chi connectivity index (χ4v) is 1.96. The number of rotatable bonds is 4. The molecule has 0 aliphatic rings. The van der Waals surface area contributed by atoms with Gasteiger partial charge in [-0.15, -0.1) is 0 Å². The highest BCUT2D eigenvalue weighted by Gasteiger charge is 2.13. The molecule has 2 rings (SSSR count). The highest BCUT2D eigenvalue weighted by atomic mass is 35.5. The van der Waals surface area contributed by atoms with Gasteiger partial charge in [0.05, 0.1) is 15.6 Å². The molecule has 0 unspecified atom stereocenters. The van der Waals surface area contributed by atoms with Crippen molar-refractivity contribution in [1.82, 2.24) is 4.98 Å². The summed E-state index contributed by atoms with van der Waals surface area (Å²) < 4.78 is 28.4. The Hall–Kier alpha value is -1.92. The Morgan fingerprint density at radius 2 is 2.00 bits per heavy atom. The van der Waals surface area contributed by atoms with Gasteiger partial charge in [-0.2, -0.15) is 8.78 Å². The van der Waals surface area contributed by atoms with Crippen LogP contribution in [-0.4, -0.2) is 17.5 Å². The van der Waals surface area contributed by atoms with Crippen LogP contribution >= 0.6 is 23.2 Å². The van der Waals surface area contributed by atoms with Gasteiger partial charge in [-0.3, -0.25) is 9.78 Å². The van der Waals surface area contributed by atoms with Gasteiger partial charge in [-0.1, -0.05) is 23.2 Å². The molecule has 0 fully saturated rings. The van der Waals surface area contributed by atoms with Crippen LogP contribution in [0.4, 0.5) is 14.5 Å². The van der Waals surface area contributed by atoms with Crippen LogP contribution in [0.3, 0.4) is 0 Å². The average Bonchev–Trinajstić information content (AvgIpc) is 2.42. The fraction of sp³-hybridized carbons (Fsp3) is 0.0769. The first-order valence-electron chi connectivity index (χ1n) is 5.62. The largest absolute Gasteiger partial charge is 0.433 e. The van der Waals surface area contributed by atoms with Crippen molar-refractivity contribution in [1.29, 1.82) is 0 Å². The zero-order valence-electron chi connectivity index (χ0n) is 10.3. The van der Waals surface area contributed by atoms with Crippen LogP contribution < -0.4 is 10.1 Å². The first-order valence-corrected chi connectivity index (χ1v) is 6.38. The Bertz CT molecular complexity index is 668. The third-order valence-electron chi connectivity index (χ3n) is 2.42. The number of halogens is 4. The predicted octanol–water partition coefficient (Wildman–Crippen LogP) is 4.24. The minimum atomic E-state index is -2.97. The summed E-state index contributed by atoms with van der Waals surface area (Å²) in [5, 5.41) is 2.69. The summed E-state index contributed by atoms with van der Waals surface area (Å²) in [5.74, 6) is -0.646. The van der Waals surface area contributed by atoms with Crippen molar-refractivity contribution in [2.45, 2.75) is 6.61 Å². The predicted molar refractivity (Wildman–Crippen MR) is 75.3 cm³/mol. The maximum Gasteiger partial charge on any atom is 0.387 e. The lowest BCUT2D eigenvalue weighted by Gasteiger charge is -2.10. The van der Waals surface area contributed by atoms with Crippen LogP contribution in [0.25, 0.3) is 0 Å². The van der Waals surface area contributed by atoms with Gasteiger partial charge in [0.15, 0.2) is 0 Å². The van der Waals surface area contributed by atoms with Gasteiger partial charge in [0, 0.05) is 18.1 Å². The van der Waals surface area contributed by atoms with Crippen LogP contribution in [0.1, 0.15) is 10.4 Å². The van der Waals surface area contributed by atoms with E-state index in [0.29, 0.717) is 5.69 Å². The number of benzene rings is 1. The van der Waals surface area contributed by atoms with Crippen LogP contribution in [0.15, 0.2) is 36.7 Å². The molecule has 0 aliphatic heterocycles. The number of ether oxygens (including phenoxy) is 1. The molecule has 110 valence electrons. The van der Waals surface area contributed by atoms with Crippen molar-refractivity contribution < 1.29 is 18.3 Å². The van der Waals surface area contributed by atoms with Crippen LogP contribution in [0.2, 0.25) is 10.0 Å². The second-order valence-corrected chi connectivity index (χ2v) is 4.65. The molecule has 8 heteroatoms. The summed E-state index contributed by atoms with van der Waals surface area (Å²) in [4.78, 5) is 15.8. The molecular formula is C13H8Cl2F2N2O2. The molecule has 0 saturated carbocycles. The molecule has 4 nitrogen and oxygen atoms in total. The number of hydrogen-bond donors (Lipinski definition) is 1. The standard InChI is InChI=1S/C13H8Cl2F2N2O2/c14-9-5-7(1-2-11(9)21-13(16)17)19-12(20)8-3-4-18-6-10(8)15/h1-6,13H,(H,19,20). The maximum absolute atomic E-state index is 12.1. The number of carbonyl (C=O) groups is 1. The van der Waals surface area contributed by atoms with E-state index in [-0.39, 0.29) is 21.4 Å². The molecule has 0 saturated heterocycles. The monoisotopic (exact) mass is 332 g/mol. The molecular weight excluding hydrogens is 325 g/mol. The fourth-order valence-electron chi connectivity index (χ4n) is 1.53. The first kappa shape index (κ1) is 15.5. The molecule has 0 bridgehead atoms. The summed E-state index contributed by atoms with van der Waals surface area (Å²) in [6.45, 7) is -2.97. The van der Waals surface area contributed by atoms with Gasteiger partial charge in [0.2, 0.25) is 0 Å². The topological polar surface area (TPSA) is 51.2 Å². The summed E-state index contributed by atoms with van der Waals surface area (Å²) in [6.07, 6.45) is 2.76. The Morgan fingerprint density at radius 3 is 2.62 bits per heavy atom. The quantitative estimate of drug-likeness (QED) is 0.910. The minimum absolute atomic E-state index is 0.0473. The highest BCUT2D eigenvalue weighted by molar-refractivity contribution is 6.34. The summed E-state index contributed by atoms with van der Waals surface area (Å²) >= 11 is 11.6. The molecule has 1 amide bonds. The van der Waals surface area contributed by atoms with Crippen molar-refractivity contribution >= 4 is 34.8 Å². The smallest absolute Gasteiger partial charge is 0.387 e. The van der Waals surface area contributed by atoms with E-state index in [1.807, 2.05) is 0 Å². The van der Waals surface area contributed by atoms with Crippen LogP contribution in [0.5, 0.6) is 5.75 Å². The Balaban J connectivity index is 2.15. The number of nitrogens with zero attached hydrogens (tertiary/aromatic N) is 1. The van der Waals surface area contributed by atoms with E-state index in [4.69, 9.17) is 23.2 Å².